The molecule has 7 nitrogen and oxygen atoms in total. The van der Waals surface area contributed by atoms with E-state index in [1.165, 1.54) is 22.5 Å². The molecule has 1 aliphatic rings. The molecule has 0 saturated carbocycles. The molecule has 0 amide bonds. The van der Waals surface area contributed by atoms with Crippen LogP contribution in [0.25, 0.3) is 0 Å². The van der Waals surface area contributed by atoms with Gasteiger partial charge in [-0.2, -0.15) is 4.31 Å². The van der Waals surface area contributed by atoms with Gasteiger partial charge in [-0.1, -0.05) is 23.8 Å². The molecule has 0 aromatic heterocycles. The Morgan fingerprint density at radius 3 is 2.40 bits per heavy atom. The molecule has 2 aromatic rings. The number of ether oxygens (including phenoxy) is 3. The molecule has 1 saturated heterocycles. The molecule has 0 radical (unpaired) electrons. The summed E-state index contributed by atoms with van der Waals surface area (Å²) in [4.78, 5) is 12.4. The van der Waals surface area contributed by atoms with E-state index in [4.69, 9.17) is 14.2 Å². The van der Waals surface area contributed by atoms with E-state index in [-0.39, 0.29) is 49.0 Å². The Morgan fingerprint density at radius 1 is 1.07 bits per heavy atom. The van der Waals surface area contributed by atoms with E-state index >= 15 is 0 Å². The van der Waals surface area contributed by atoms with Crippen molar-refractivity contribution in [1.82, 2.24) is 4.31 Å². The molecule has 0 spiro atoms. The first-order valence-corrected chi connectivity index (χ1v) is 11.3. The van der Waals surface area contributed by atoms with Crippen LogP contribution in [0, 0.1) is 6.92 Å². The molecule has 0 unspecified atom stereocenters. The van der Waals surface area contributed by atoms with E-state index < -0.39 is 16.0 Å². The molecule has 1 aliphatic heterocycles. The fourth-order valence-electron chi connectivity index (χ4n) is 3.27. The predicted molar refractivity (Wildman–Crippen MR) is 112 cm³/mol. The first kappa shape index (κ1) is 22.3. The van der Waals surface area contributed by atoms with E-state index in [0.717, 1.165) is 5.56 Å². The summed E-state index contributed by atoms with van der Waals surface area (Å²) in [5.41, 5.74) is 1.31. The summed E-state index contributed by atoms with van der Waals surface area (Å²) in [5.74, 6) is 0.0991. The molecule has 2 atom stereocenters. The van der Waals surface area contributed by atoms with Crippen molar-refractivity contribution in [2.75, 3.05) is 26.3 Å². The summed E-state index contributed by atoms with van der Waals surface area (Å²) in [6.07, 6.45) is -0.379. The van der Waals surface area contributed by atoms with Crippen molar-refractivity contribution >= 4 is 16.0 Å². The number of nitrogens with zero attached hydrogens (tertiary/aromatic N) is 1. The molecule has 1 heterocycles. The van der Waals surface area contributed by atoms with E-state index in [0.29, 0.717) is 5.75 Å². The molecular weight excluding hydrogens is 406 g/mol. The minimum absolute atomic E-state index is 0.0577. The zero-order chi connectivity index (χ0) is 21.7. The number of benzene rings is 2. The first-order chi connectivity index (χ1) is 14.3. The number of morpholine rings is 1. The SMILES string of the molecule is Cc1ccc(OCCOC(=O)c2cccc(S(=O)(=O)N3C[C@@H](C)O[C@H](C)C3)c2)cc1. The summed E-state index contributed by atoms with van der Waals surface area (Å²) >= 11 is 0. The fourth-order valence-corrected chi connectivity index (χ4v) is 4.91. The zero-order valence-electron chi connectivity index (χ0n) is 17.4. The molecule has 8 heteroatoms. The smallest absolute Gasteiger partial charge is 0.338 e. The number of hydrogen-bond acceptors (Lipinski definition) is 6. The molecule has 162 valence electrons. The highest BCUT2D eigenvalue weighted by Gasteiger charge is 2.32. The van der Waals surface area contributed by atoms with Gasteiger partial charge >= 0.3 is 5.97 Å². The highest BCUT2D eigenvalue weighted by Crippen LogP contribution is 2.22. The highest BCUT2D eigenvalue weighted by molar-refractivity contribution is 7.89. The normalized spacial score (nSPS) is 20.0. The van der Waals surface area contributed by atoms with Crippen LogP contribution >= 0.6 is 0 Å². The number of carbonyl (C=O) groups is 1. The maximum atomic E-state index is 13.0. The minimum Gasteiger partial charge on any atom is -0.490 e. The van der Waals surface area contributed by atoms with Crippen LogP contribution in [0.3, 0.4) is 0 Å². The van der Waals surface area contributed by atoms with Crippen molar-refractivity contribution in [2.24, 2.45) is 0 Å². The number of carbonyl (C=O) groups excluding carboxylic acids is 1. The molecular formula is C22H27NO6S. The maximum absolute atomic E-state index is 13.0. The van der Waals surface area contributed by atoms with Crippen LogP contribution < -0.4 is 4.74 Å². The van der Waals surface area contributed by atoms with Gasteiger partial charge in [0.05, 0.1) is 22.7 Å². The second kappa shape index (κ2) is 9.59. The Kier molecular flexibility index (Phi) is 7.12. The second-order valence-corrected chi connectivity index (χ2v) is 9.34. The van der Waals surface area contributed by atoms with Crippen LogP contribution in [0.2, 0.25) is 0 Å². The summed E-state index contributed by atoms with van der Waals surface area (Å²) in [6, 6.07) is 13.5. The molecule has 3 rings (SSSR count). The fraction of sp³-hybridized carbons (Fsp3) is 0.409. The van der Waals surface area contributed by atoms with Crippen molar-refractivity contribution < 1.29 is 27.4 Å². The van der Waals surface area contributed by atoms with Gasteiger partial charge in [-0.15, -0.1) is 0 Å². The van der Waals surface area contributed by atoms with Crippen LogP contribution in [0.4, 0.5) is 0 Å². The average molecular weight is 434 g/mol. The standard InChI is InChI=1S/C22H27NO6S/c1-16-7-9-20(10-8-16)27-11-12-28-22(24)19-5-4-6-21(13-19)30(25,26)23-14-17(2)29-18(3)15-23/h4-10,13,17-18H,11-12,14-15H2,1-3H3/t17-,18-/m1/s1. The summed E-state index contributed by atoms with van der Waals surface area (Å²) in [6.45, 7) is 6.48. The Hall–Kier alpha value is -2.42. The van der Waals surface area contributed by atoms with Gasteiger partial charge in [0, 0.05) is 13.1 Å². The third-order valence-electron chi connectivity index (χ3n) is 4.70. The minimum atomic E-state index is -3.73. The van der Waals surface area contributed by atoms with Crippen LogP contribution in [-0.4, -0.2) is 57.2 Å². The van der Waals surface area contributed by atoms with Crippen molar-refractivity contribution in [1.29, 1.82) is 0 Å². The molecule has 0 bridgehead atoms. The number of hydrogen-bond donors (Lipinski definition) is 0. The molecule has 1 fully saturated rings. The Morgan fingerprint density at radius 2 is 1.73 bits per heavy atom. The molecule has 30 heavy (non-hydrogen) atoms. The lowest BCUT2D eigenvalue weighted by Crippen LogP contribution is -2.48. The van der Waals surface area contributed by atoms with Gasteiger partial charge in [0.2, 0.25) is 10.0 Å². The Bertz CT molecular complexity index is 963. The van der Waals surface area contributed by atoms with Gasteiger partial charge < -0.3 is 14.2 Å². The predicted octanol–water partition coefficient (Wildman–Crippen LogP) is 3.03. The lowest BCUT2D eigenvalue weighted by Gasteiger charge is -2.34. The van der Waals surface area contributed by atoms with Gasteiger partial charge in [0.1, 0.15) is 19.0 Å². The van der Waals surface area contributed by atoms with Gasteiger partial charge in [0.25, 0.3) is 0 Å². The molecule has 0 aliphatic carbocycles. The van der Waals surface area contributed by atoms with Crippen LogP contribution in [0.1, 0.15) is 29.8 Å². The van der Waals surface area contributed by atoms with Crippen molar-refractivity contribution in [3.63, 3.8) is 0 Å². The number of esters is 1. The highest BCUT2D eigenvalue weighted by atomic mass is 32.2. The van der Waals surface area contributed by atoms with Gasteiger partial charge in [-0.3, -0.25) is 0 Å². The first-order valence-electron chi connectivity index (χ1n) is 9.88. The Labute approximate surface area is 177 Å². The second-order valence-electron chi connectivity index (χ2n) is 7.40. The van der Waals surface area contributed by atoms with Crippen LogP contribution in [0.15, 0.2) is 53.4 Å². The maximum Gasteiger partial charge on any atom is 0.338 e. The lowest BCUT2D eigenvalue weighted by molar-refractivity contribution is -0.0440. The quantitative estimate of drug-likeness (QED) is 0.493. The molecule has 2 aromatic carbocycles. The largest absolute Gasteiger partial charge is 0.490 e. The van der Waals surface area contributed by atoms with Crippen LogP contribution in [0.5, 0.6) is 5.75 Å². The van der Waals surface area contributed by atoms with Crippen molar-refractivity contribution in [2.45, 2.75) is 37.9 Å². The van der Waals surface area contributed by atoms with Gasteiger partial charge in [-0.25, -0.2) is 13.2 Å². The lowest BCUT2D eigenvalue weighted by atomic mass is 10.2. The van der Waals surface area contributed by atoms with E-state index in [1.807, 2.05) is 45.0 Å². The topological polar surface area (TPSA) is 82.1 Å². The number of rotatable bonds is 7. The third-order valence-corrected chi connectivity index (χ3v) is 6.53. The monoisotopic (exact) mass is 433 g/mol. The zero-order valence-corrected chi connectivity index (χ0v) is 18.2. The summed E-state index contributed by atoms with van der Waals surface area (Å²) in [5, 5.41) is 0. The number of sulfonamides is 1. The summed E-state index contributed by atoms with van der Waals surface area (Å²) < 4.78 is 43.8. The van der Waals surface area contributed by atoms with Crippen molar-refractivity contribution in [3.8, 4) is 5.75 Å². The molecule has 0 N–H and O–H groups in total. The van der Waals surface area contributed by atoms with E-state index in [1.54, 1.807) is 6.07 Å². The van der Waals surface area contributed by atoms with Crippen molar-refractivity contribution in [3.05, 3.63) is 59.7 Å². The van der Waals surface area contributed by atoms with Gasteiger partial charge in [0.15, 0.2) is 0 Å². The summed E-state index contributed by atoms with van der Waals surface area (Å²) in [7, 11) is -3.73. The average Bonchev–Trinajstić information content (AvgIpc) is 2.71. The van der Waals surface area contributed by atoms with E-state index in [2.05, 4.69) is 0 Å². The van der Waals surface area contributed by atoms with E-state index in [9.17, 15) is 13.2 Å². The third kappa shape index (κ3) is 5.59. The number of aryl methyl sites for hydroxylation is 1. The van der Waals surface area contributed by atoms with Gasteiger partial charge in [-0.05, 0) is 51.1 Å². The van der Waals surface area contributed by atoms with Crippen LogP contribution in [-0.2, 0) is 19.5 Å². The Balaban J connectivity index is 1.60.